The number of aliphatic hydroxyl groups excluding tert-OH is 1. The average Bonchev–Trinajstić information content (AvgIpc) is 3.21. The Hall–Kier alpha value is -1.89. The fourth-order valence-corrected chi connectivity index (χ4v) is 4.12. The van der Waals surface area contributed by atoms with E-state index in [1.807, 2.05) is 16.9 Å². The van der Waals surface area contributed by atoms with Crippen LogP contribution in [0.1, 0.15) is 37.8 Å². The molecule has 0 spiro atoms. The van der Waals surface area contributed by atoms with Gasteiger partial charge in [-0.15, -0.1) is 0 Å². The molecule has 1 aromatic heterocycles. The van der Waals surface area contributed by atoms with Gasteiger partial charge >= 0.3 is 0 Å². The lowest BCUT2D eigenvalue weighted by atomic mass is 10.0. The fraction of sp³-hybridized carbons (Fsp3) is 0.609. The van der Waals surface area contributed by atoms with Crippen LogP contribution in [0.15, 0.2) is 36.7 Å². The van der Waals surface area contributed by atoms with Crippen LogP contribution in [-0.4, -0.2) is 70.6 Å². The third-order valence-corrected chi connectivity index (χ3v) is 5.79. The van der Waals surface area contributed by atoms with Crippen molar-refractivity contribution in [2.45, 2.75) is 45.8 Å². The first-order valence-corrected chi connectivity index (χ1v) is 10.8. The molecule has 1 aliphatic rings. The Morgan fingerprint density at radius 2 is 2.10 bits per heavy atom. The summed E-state index contributed by atoms with van der Waals surface area (Å²) >= 11 is 0. The molecular weight excluding hydrogens is 364 g/mol. The van der Waals surface area contributed by atoms with Crippen LogP contribution >= 0.6 is 0 Å². The summed E-state index contributed by atoms with van der Waals surface area (Å²) in [6, 6.07) is 8.85. The normalized spacial score (nSPS) is 18.4. The van der Waals surface area contributed by atoms with Gasteiger partial charge in [-0.1, -0.05) is 19.9 Å². The molecule has 1 aliphatic heterocycles. The van der Waals surface area contributed by atoms with Crippen molar-refractivity contribution >= 4 is 0 Å². The lowest BCUT2D eigenvalue weighted by molar-refractivity contribution is 0.0524. The second-order valence-corrected chi connectivity index (χ2v) is 8.47. The van der Waals surface area contributed by atoms with Crippen LogP contribution in [0.25, 0.3) is 0 Å². The second-order valence-electron chi connectivity index (χ2n) is 8.47. The highest BCUT2D eigenvalue weighted by Crippen LogP contribution is 2.23. The second kappa shape index (κ2) is 10.8. The molecule has 29 heavy (non-hydrogen) atoms. The van der Waals surface area contributed by atoms with Crippen LogP contribution in [0.5, 0.6) is 5.75 Å². The van der Waals surface area contributed by atoms with Crippen molar-refractivity contribution < 1.29 is 9.84 Å². The van der Waals surface area contributed by atoms with Gasteiger partial charge in [-0.2, -0.15) is 5.10 Å². The van der Waals surface area contributed by atoms with E-state index in [4.69, 9.17) is 4.74 Å². The van der Waals surface area contributed by atoms with Crippen molar-refractivity contribution in [3.8, 4) is 5.75 Å². The first-order valence-electron chi connectivity index (χ1n) is 10.8. The summed E-state index contributed by atoms with van der Waals surface area (Å²) in [6.45, 7) is 10.7. The van der Waals surface area contributed by atoms with E-state index < -0.39 is 0 Å². The van der Waals surface area contributed by atoms with Gasteiger partial charge in [0, 0.05) is 56.8 Å². The smallest absolute Gasteiger partial charge is 0.123 e. The van der Waals surface area contributed by atoms with E-state index in [1.165, 1.54) is 12.0 Å². The van der Waals surface area contributed by atoms with Crippen LogP contribution in [0, 0.1) is 5.92 Å². The summed E-state index contributed by atoms with van der Waals surface area (Å²) in [4.78, 5) is 5.09. The van der Waals surface area contributed by atoms with Crippen LogP contribution in [0.2, 0.25) is 0 Å². The lowest BCUT2D eigenvalue weighted by Crippen LogP contribution is -2.53. The predicted octanol–water partition coefficient (Wildman–Crippen LogP) is 2.85. The summed E-state index contributed by atoms with van der Waals surface area (Å²) in [5, 5.41) is 13.9. The Balaban J connectivity index is 1.64. The van der Waals surface area contributed by atoms with E-state index >= 15 is 0 Å². The first kappa shape index (κ1) is 21.8. The minimum Gasteiger partial charge on any atom is -0.496 e. The highest BCUT2D eigenvalue weighted by molar-refractivity contribution is 5.37. The number of piperazine rings is 1. The van der Waals surface area contributed by atoms with Crippen molar-refractivity contribution in [3.05, 3.63) is 47.8 Å². The van der Waals surface area contributed by atoms with Gasteiger partial charge < -0.3 is 9.84 Å². The van der Waals surface area contributed by atoms with E-state index in [9.17, 15) is 5.11 Å². The highest BCUT2D eigenvalue weighted by atomic mass is 16.5. The first-order chi connectivity index (χ1) is 14.1. The summed E-state index contributed by atoms with van der Waals surface area (Å²) in [6.07, 6.45) is 5.84. The molecule has 1 saturated heterocycles. The Labute approximate surface area is 175 Å². The SMILES string of the molecule is COc1ccc(CN2CCN(CCC(C)C)[C@H](CCO)C2)cc1Cn1cccn1. The van der Waals surface area contributed by atoms with Crippen LogP contribution in [0.4, 0.5) is 0 Å². The van der Waals surface area contributed by atoms with E-state index in [1.54, 1.807) is 13.3 Å². The Morgan fingerprint density at radius 3 is 2.79 bits per heavy atom. The molecule has 3 rings (SSSR count). The maximum atomic E-state index is 9.54. The van der Waals surface area contributed by atoms with E-state index in [0.29, 0.717) is 12.6 Å². The van der Waals surface area contributed by atoms with E-state index in [2.05, 4.69) is 46.9 Å². The molecule has 1 aromatic carbocycles. The highest BCUT2D eigenvalue weighted by Gasteiger charge is 2.26. The number of aliphatic hydroxyl groups is 1. The minimum atomic E-state index is 0.257. The van der Waals surface area contributed by atoms with Gasteiger partial charge in [0.25, 0.3) is 0 Å². The summed E-state index contributed by atoms with van der Waals surface area (Å²) < 4.78 is 7.48. The number of hydrogen-bond donors (Lipinski definition) is 1. The predicted molar refractivity (Wildman–Crippen MR) is 116 cm³/mol. The van der Waals surface area contributed by atoms with Gasteiger partial charge in [0.2, 0.25) is 0 Å². The summed E-state index contributed by atoms with van der Waals surface area (Å²) in [5.74, 6) is 1.62. The molecular formula is C23H36N4O2. The van der Waals surface area contributed by atoms with Gasteiger partial charge in [0.15, 0.2) is 0 Å². The van der Waals surface area contributed by atoms with Crippen LogP contribution in [-0.2, 0) is 13.1 Å². The topological polar surface area (TPSA) is 53.8 Å². The van der Waals surface area contributed by atoms with Gasteiger partial charge in [0.05, 0.1) is 13.7 Å². The molecule has 6 nitrogen and oxygen atoms in total. The van der Waals surface area contributed by atoms with Gasteiger partial charge in [0.1, 0.15) is 5.75 Å². The average molecular weight is 401 g/mol. The number of ether oxygens (including phenoxy) is 1. The standard InChI is InChI=1S/C23H36N4O2/c1-19(2)7-11-26-13-12-25(18-22(26)8-14-28)16-20-5-6-23(29-3)21(15-20)17-27-10-4-9-24-27/h4-6,9-10,15,19,22,28H,7-8,11-14,16-18H2,1-3H3/t22-/m1/s1. The van der Waals surface area contributed by atoms with Crippen molar-refractivity contribution in [1.82, 2.24) is 19.6 Å². The monoisotopic (exact) mass is 400 g/mol. The molecule has 1 N–H and O–H groups in total. The molecule has 0 bridgehead atoms. The number of rotatable bonds is 10. The maximum absolute atomic E-state index is 9.54. The molecule has 160 valence electrons. The Bertz CT molecular complexity index is 732. The number of hydrogen-bond acceptors (Lipinski definition) is 5. The molecule has 0 saturated carbocycles. The number of methoxy groups -OCH3 is 1. The minimum absolute atomic E-state index is 0.257. The van der Waals surface area contributed by atoms with Gasteiger partial charge in [-0.3, -0.25) is 14.5 Å². The van der Waals surface area contributed by atoms with Crippen molar-refractivity contribution in [1.29, 1.82) is 0 Å². The van der Waals surface area contributed by atoms with Crippen molar-refractivity contribution in [3.63, 3.8) is 0 Å². The van der Waals surface area contributed by atoms with Crippen molar-refractivity contribution in [2.24, 2.45) is 5.92 Å². The zero-order valence-electron chi connectivity index (χ0n) is 18.1. The summed E-state index contributed by atoms with van der Waals surface area (Å²) in [7, 11) is 1.72. The van der Waals surface area contributed by atoms with Crippen LogP contribution < -0.4 is 4.74 Å². The molecule has 6 heteroatoms. The molecule has 0 radical (unpaired) electrons. The molecule has 1 fully saturated rings. The van der Waals surface area contributed by atoms with E-state index in [-0.39, 0.29) is 6.61 Å². The number of benzene rings is 1. The zero-order valence-corrected chi connectivity index (χ0v) is 18.1. The lowest BCUT2D eigenvalue weighted by Gasteiger charge is -2.41. The maximum Gasteiger partial charge on any atom is 0.123 e. The molecule has 2 heterocycles. The number of aromatic nitrogens is 2. The largest absolute Gasteiger partial charge is 0.496 e. The Morgan fingerprint density at radius 1 is 1.24 bits per heavy atom. The molecule has 0 amide bonds. The van der Waals surface area contributed by atoms with Gasteiger partial charge in [-0.05, 0) is 49.1 Å². The summed E-state index contributed by atoms with van der Waals surface area (Å²) in [5.41, 5.74) is 2.45. The number of nitrogens with zero attached hydrogens (tertiary/aromatic N) is 4. The third kappa shape index (κ3) is 6.29. The fourth-order valence-electron chi connectivity index (χ4n) is 4.12. The third-order valence-electron chi connectivity index (χ3n) is 5.79. The zero-order chi connectivity index (χ0) is 20.6. The molecule has 0 aliphatic carbocycles. The van der Waals surface area contributed by atoms with Crippen LogP contribution in [0.3, 0.4) is 0 Å². The van der Waals surface area contributed by atoms with Gasteiger partial charge in [-0.25, -0.2) is 0 Å². The van der Waals surface area contributed by atoms with E-state index in [0.717, 1.165) is 56.4 Å². The molecule has 2 aromatic rings. The molecule has 1 atom stereocenters. The quantitative estimate of drug-likeness (QED) is 0.665. The Kier molecular flexibility index (Phi) is 8.09. The molecule has 0 unspecified atom stereocenters. The van der Waals surface area contributed by atoms with Crippen molar-refractivity contribution in [2.75, 3.05) is 39.9 Å².